The van der Waals surface area contributed by atoms with Gasteiger partial charge in [-0.05, 0) is 31.0 Å². The maximum atomic E-state index is 12.5. The van der Waals surface area contributed by atoms with E-state index in [1.807, 2.05) is 4.90 Å². The number of anilines is 1. The second kappa shape index (κ2) is 7.81. The van der Waals surface area contributed by atoms with Crippen molar-refractivity contribution in [2.45, 2.75) is 18.9 Å². The number of nitro benzene ring substituents is 1. The topological polar surface area (TPSA) is 97.6 Å². The van der Waals surface area contributed by atoms with Crippen LogP contribution in [0.3, 0.4) is 0 Å². The van der Waals surface area contributed by atoms with Gasteiger partial charge in [-0.15, -0.1) is 0 Å². The monoisotopic (exact) mass is 356 g/mol. The molecule has 2 aromatic rings. The number of amides is 1. The smallest absolute Gasteiger partial charge is 0.273 e. The van der Waals surface area contributed by atoms with E-state index in [1.165, 1.54) is 19.2 Å². The van der Waals surface area contributed by atoms with Crippen LogP contribution in [0.4, 0.5) is 11.4 Å². The molecule has 1 fully saturated rings. The van der Waals surface area contributed by atoms with Crippen molar-refractivity contribution >= 4 is 17.3 Å². The SMILES string of the molecule is COc1cc([N+](=O)[O-])ccc1NC1CCN(C(=O)c2ccncc2)CC1. The van der Waals surface area contributed by atoms with E-state index < -0.39 is 4.92 Å². The number of nitro groups is 1. The van der Waals surface area contributed by atoms with Crippen LogP contribution < -0.4 is 10.1 Å². The maximum absolute atomic E-state index is 12.5. The van der Waals surface area contributed by atoms with Crippen molar-refractivity contribution < 1.29 is 14.5 Å². The summed E-state index contributed by atoms with van der Waals surface area (Å²) in [5.41, 5.74) is 1.35. The second-order valence-electron chi connectivity index (χ2n) is 6.09. The van der Waals surface area contributed by atoms with E-state index in [-0.39, 0.29) is 17.6 Å². The van der Waals surface area contributed by atoms with Crippen LogP contribution in [0, 0.1) is 10.1 Å². The van der Waals surface area contributed by atoms with Crippen molar-refractivity contribution in [3.05, 3.63) is 58.4 Å². The van der Waals surface area contributed by atoms with Crippen molar-refractivity contribution in [1.29, 1.82) is 0 Å². The quantitative estimate of drug-likeness (QED) is 0.653. The zero-order valence-corrected chi connectivity index (χ0v) is 14.4. The van der Waals surface area contributed by atoms with Crippen LogP contribution in [0.5, 0.6) is 5.75 Å². The maximum Gasteiger partial charge on any atom is 0.273 e. The van der Waals surface area contributed by atoms with E-state index in [0.717, 1.165) is 18.5 Å². The number of hydrogen-bond acceptors (Lipinski definition) is 6. The van der Waals surface area contributed by atoms with Crippen LogP contribution in [-0.2, 0) is 0 Å². The summed E-state index contributed by atoms with van der Waals surface area (Å²) in [5, 5.41) is 14.2. The highest BCUT2D eigenvalue weighted by molar-refractivity contribution is 5.94. The molecule has 0 unspecified atom stereocenters. The third kappa shape index (κ3) is 3.90. The Morgan fingerprint density at radius 3 is 2.58 bits per heavy atom. The molecular weight excluding hydrogens is 336 g/mol. The van der Waals surface area contributed by atoms with Gasteiger partial charge in [-0.2, -0.15) is 0 Å². The van der Waals surface area contributed by atoms with Gasteiger partial charge in [0.25, 0.3) is 11.6 Å². The first-order chi connectivity index (χ1) is 12.6. The Labute approximate surface area is 150 Å². The molecule has 0 spiro atoms. The number of hydrogen-bond donors (Lipinski definition) is 1. The molecule has 1 aromatic carbocycles. The number of nitrogens with one attached hydrogen (secondary N) is 1. The minimum absolute atomic E-state index is 0.00910. The lowest BCUT2D eigenvalue weighted by molar-refractivity contribution is -0.384. The number of aromatic nitrogens is 1. The highest BCUT2D eigenvalue weighted by atomic mass is 16.6. The molecule has 1 N–H and O–H groups in total. The van der Waals surface area contributed by atoms with Crippen molar-refractivity contribution in [2.75, 3.05) is 25.5 Å². The van der Waals surface area contributed by atoms with Crippen LogP contribution in [0.15, 0.2) is 42.7 Å². The molecule has 1 saturated heterocycles. The van der Waals surface area contributed by atoms with Gasteiger partial charge in [-0.25, -0.2) is 0 Å². The number of non-ortho nitro benzene ring substituents is 1. The number of benzene rings is 1. The molecule has 0 aliphatic carbocycles. The van der Waals surface area contributed by atoms with Crippen molar-refractivity contribution in [3.8, 4) is 5.75 Å². The molecule has 1 aliphatic heterocycles. The summed E-state index contributed by atoms with van der Waals surface area (Å²) < 4.78 is 5.26. The lowest BCUT2D eigenvalue weighted by Gasteiger charge is -2.33. The molecule has 0 radical (unpaired) electrons. The number of likely N-dealkylation sites (tertiary alicyclic amines) is 1. The number of carbonyl (C=O) groups excluding carboxylic acids is 1. The van der Waals surface area contributed by atoms with Gasteiger partial charge in [0.15, 0.2) is 0 Å². The van der Waals surface area contributed by atoms with E-state index in [0.29, 0.717) is 24.4 Å². The Bertz CT molecular complexity index is 789. The third-order valence-electron chi connectivity index (χ3n) is 4.46. The van der Waals surface area contributed by atoms with Gasteiger partial charge < -0.3 is 15.0 Å². The fraction of sp³-hybridized carbons (Fsp3) is 0.333. The molecule has 0 saturated carbocycles. The van der Waals surface area contributed by atoms with E-state index >= 15 is 0 Å². The van der Waals surface area contributed by atoms with E-state index in [9.17, 15) is 14.9 Å². The first-order valence-electron chi connectivity index (χ1n) is 8.36. The predicted octanol–water partition coefficient (Wildman–Crippen LogP) is 2.72. The molecule has 1 aliphatic rings. The molecule has 2 heterocycles. The molecule has 0 atom stereocenters. The summed E-state index contributed by atoms with van der Waals surface area (Å²) in [6, 6.07) is 8.12. The number of pyridine rings is 1. The Morgan fingerprint density at radius 1 is 1.27 bits per heavy atom. The summed E-state index contributed by atoms with van der Waals surface area (Å²) in [6.07, 6.45) is 4.80. The molecule has 0 bridgehead atoms. The predicted molar refractivity (Wildman–Crippen MR) is 96.4 cm³/mol. The summed E-state index contributed by atoms with van der Waals surface area (Å²) in [7, 11) is 1.49. The van der Waals surface area contributed by atoms with Crippen LogP contribution in [-0.4, -0.2) is 47.0 Å². The number of carbonyl (C=O) groups is 1. The minimum atomic E-state index is -0.449. The first-order valence-corrected chi connectivity index (χ1v) is 8.36. The van der Waals surface area contributed by atoms with Gasteiger partial charge in [0, 0.05) is 43.2 Å². The summed E-state index contributed by atoms with van der Waals surface area (Å²) in [6.45, 7) is 1.29. The number of piperidine rings is 1. The molecule has 3 rings (SSSR count). The Morgan fingerprint density at radius 2 is 1.96 bits per heavy atom. The normalized spacial score (nSPS) is 14.7. The fourth-order valence-electron chi connectivity index (χ4n) is 3.04. The molecule has 1 amide bonds. The summed E-state index contributed by atoms with van der Waals surface area (Å²) in [5.74, 6) is 0.452. The van der Waals surface area contributed by atoms with Gasteiger partial charge in [0.1, 0.15) is 5.75 Å². The van der Waals surface area contributed by atoms with Crippen LogP contribution >= 0.6 is 0 Å². The van der Waals surface area contributed by atoms with Crippen LogP contribution in [0.25, 0.3) is 0 Å². The molecule has 1 aromatic heterocycles. The third-order valence-corrected chi connectivity index (χ3v) is 4.46. The van der Waals surface area contributed by atoms with E-state index in [4.69, 9.17) is 4.74 Å². The zero-order chi connectivity index (χ0) is 18.5. The summed E-state index contributed by atoms with van der Waals surface area (Å²) >= 11 is 0. The van der Waals surface area contributed by atoms with Crippen molar-refractivity contribution in [2.24, 2.45) is 0 Å². The average Bonchev–Trinajstić information content (AvgIpc) is 2.69. The number of nitrogens with zero attached hydrogens (tertiary/aromatic N) is 3. The zero-order valence-electron chi connectivity index (χ0n) is 14.4. The second-order valence-corrected chi connectivity index (χ2v) is 6.09. The Balaban J connectivity index is 1.61. The Hall–Kier alpha value is -3.16. The highest BCUT2D eigenvalue weighted by Crippen LogP contribution is 2.30. The lowest BCUT2D eigenvalue weighted by atomic mass is 10.0. The molecule has 8 heteroatoms. The standard InChI is InChI=1S/C18H20N4O4/c1-26-17-12-15(22(24)25)2-3-16(17)20-14-6-10-21(11-7-14)18(23)13-4-8-19-9-5-13/h2-5,8-9,12,14,20H,6-7,10-11H2,1H3. The lowest BCUT2D eigenvalue weighted by Crippen LogP contribution is -2.42. The largest absolute Gasteiger partial charge is 0.494 e. The number of ether oxygens (including phenoxy) is 1. The number of rotatable bonds is 5. The summed E-state index contributed by atoms with van der Waals surface area (Å²) in [4.78, 5) is 28.7. The molecule has 8 nitrogen and oxygen atoms in total. The van der Waals surface area contributed by atoms with Gasteiger partial charge >= 0.3 is 0 Å². The Kier molecular flexibility index (Phi) is 5.31. The van der Waals surface area contributed by atoms with Gasteiger partial charge in [-0.1, -0.05) is 0 Å². The number of methoxy groups -OCH3 is 1. The van der Waals surface area contributed by atoms with Gasteiger partial charge in [0.05, 0.1) is 23.8 Å². The average molecular weight is 356 g/mol. The van der Waals surface area contributed by atoms with Crippen LogP contribution in [0.1, 0.15) is 23.2 Å². The van der Waals surface area contributed by atoms with Crippen molar-refractivity contribution in [3.63, 3.8) is 0 Å². The van der Waals surface area contributed by atoms with Crippen LogP contribution in [0.2, 0.25) is 0 Å². The minimum Gasteiger partial charge on any atom is -0.494 e. The molecular formula is C18H20N4O4. The van der Waals surface area contributed by atoms with E-state index in [2.05, 4.69) is 10.3 Å². The van der Waals surface area contributed by atoms with Gasteiger partial charge in [-0.3, -0.25) is 19.9 Å². The molecule has 136 valence electrons. The fourth-order valence-corrected chi connectivity index (χ4v) is 3.04. The first kappa shape index (κ1) is 17.7. The van der Waals surface area contributed by atoms with Gasteiger partial charge in [0.2, 0.25) is 0 Å². The van der Waals surface area contributed by atoms with Crippen molar-refractivity contribution in [1.82, 2.24) is 9.88 Å². The van der Waals surface area contributed by atoms with E-state index in [1.54, 1.807) is 30.6 Å². The molecule has 26 heavy (non-hydrogen) atoms. The highest BCUT2D eigenvalue weighted by Gasteiger charge is 2.24.